The highest BCUT2D eigenvalue weighted by molar-refractivity contribution is 7.13. The van der Waals surface area contributed by atoms with Gasteiger partial charge in [-0.25, -0.2) is 9.97 Å². The van der Waals surface area contributed by atoms with Crippen LogP contribution < -0.4 is 11.3 Å². The van der Waals surface area contributed by atoms with Crippen molar-refractivity contribution in [3.05, 3.63) is 86.8 Å². The highest BCUT2D eigenvalue weighted by atomic mass is 32.1. The molecule has 5 rings (SSSR count). The van der Waals surface area contributed by atoms with E-state index in [0.29, 0.717) is 47.2 Å². The van der Waals surface area contributed by atoms with Crippen molar-refractivity contribution >= 4 is 17.0 Å². The Morgan fingerprint density at radius 2 is 1.74 bits per heavy atom. The summed E-state index contributed by atoms with van der Waals surface area (Å²) in [6.07, 6.45) is -3.73. The summed E-state index contributed by atoms with van der Waals surface area (Å²) in [7, 11) is 0. The Balaban J connectivity index is 1.30. The molecule has 0 atom stereocenters. The summed E-state index contributed by atoms with van der Waals surface area (Å²) in [5.41, 5.74) is 9.22. The molecule has 4 aromatic rings. The van der Waals surface area contributed by atoms with Crippen LogP contribution in [-0.4, -0.2) is 26.4 Å². The van der Waals surface area contributed by atoms with E-state index in [1.54, 1.807) is 12.1 Å². The number of alkyl halides is 3. The summed E-state index contributed by atoms with van der Waals surface area (Å²) in [6.45, 7) is 1.71. The first kappa shape index (κ1) is 22.3. The van der Waals surface area contributed by atoms with Crippen LogP contribution in [0.4, 0.5) is 18.9 Å². The lowest BCUT2D eigenvalue weighted by Gasteiger charge is -2.27. The Morgan fingerprint density at radius 3 is 2.44 bits per heavy atom. The monoisotopic (exact) mass is 483 g/mol. The van der Waals surface area contributed by atoms with Crippen LogP contribution in [0.25, 0.3) is 22.0 Å². The van der Waals surface area contributed by atoms with Gasteiger partial charge < -0.3 is 10.7 Å². The summed E-state index contributed by atoms with van der Waals surface area (Å²) in [5, 5.41) is 2.56. The third-order valence-electron chi connectivity index (χ3n) is 5.73. The summed E-state index contributed by atoms with van der Waals surface area (Å²) in [5.74, 6) is 0.526. The van der Waals surface area contributed by atoms with E-state index in [9.17, 15) is 18.0 Å². The Labute approximate surface area is 196 Å². The lowest BCUT2D eigenvalue weighted by Crippen LogP contribution is -2.35. The zero-order valence-electron chi connectivity index (χ0n) is 17.9. The van der Waals surface area contributed by atoms with Gasteiger partial charge in [-0.05, 0) is 36.4 Å². The zero-order valence-corrected chi connectivity index (χ0v) is 18.7. The second-order valence-electron chi connectivity index (χ2n) is 8.14. The van der Waals surface area contributed by atoms with Crippen LogP contribution in [0.2, 0.25) is 0 Å². The minimum Gasteiger partial charge on any atom is -0.399 e. The number of halogens is 3. The normalized spacial score (nSPS) is 14.2. The third-order valence-corrected chi connectivity index (χ3v) is 6.67. The SMILES string of the molecule is Nc1ccc(-c2nc3c(c(=O)[nH]2)CN(Cc2csc(-c4ccc(C(F)(F)F)cc4)n2)CC3)cc1. The van der Waals surface area contributed by atoms with Gasteiger partial charge in [0.2, 0.25) is 0 Å². The lowest BCUT2D eigenvalue weighted by molar-refractivity contribution is -0.137. The maximum Gasteiger partial charge on any atom is 0.416 e. The number of aromatic amines is 1. The Kier molecular flexibility index (Phi) is 5.70. The third kappa shape index (κ3) is 4.59. The fourth-order valence-electron chi connectivity index (χ4n) is 3.94. The van der Waals surface area contributed by atoms with Crippen molar-refractivity contribution in [2.45, 2.75) is 25.7 Å². The fraction of sp³-hybridized carbons (Fsp3) is 0.208. The maximum absolute atomic E-state index is 12.8. The van der Waals surface area contributed by atoms with Crippen molar-refractivity contribution in [3.63, 3.8) is 0 Å². The molecule has 0 fully saturated rings. The number of hydrogen-bond acceptors (Lipinski definition) is 6. The number of fused-ring (bicyclic) bond motifs is 1. The number of nitrogen functional groups attached to an aromatic ring is 1. The Bertz CT molecular complexity index is 1380. The molecule has 1 aliphatic rings. The van der Waals surface area contributed by atoms with Gasteiger partial charge in [0.25, 0.3) is 5.56 Å². The summed E-state index contributed by atoms with van der Waals surface area (Å²) >= 11 is 1.39. The van der Waals surface area contributed by atoms with Crippen LogP contribution in [0.1, 0.15) is 22.5 Å². The van der Waals surface area contributed by atoms with Gasteiger partial charge >= 0.3 is 6.18 Å². The van der Waals surface area contributed by atoms with Crippen LogP contribution >= 0.6 is 11.3 Å². The number of nitrogens with two attached hydrogens (primary N) is 1. The van der Waals surface area contributed by atoms with E-state index in [4.69, 9.17) is 5.73 Å². The molecule has 6 nitrogen and oxygen atoms in total. The predicted octanol–water partition coefficient (Wildman–Crippen LogP) is 4.72. The first-order valence-electron chi connectivity index (χ1n) is 10.6. The highest BCUT2D eigenvalue weighted by Gasteiger charge is 2.30. The van der Waals surface area contributed by atoms with Gasteiger partial charge in [0.1, 0.15) is 10.8 Å². The van der Waals surface area contributed by atoms with E-state index >= 15 is 0 Å². The quantitative estimate of drug-likeness (QED) is 0.410. The molecule has 1 aliphatic heterocycles. The first-order valence-corrected chi connectivity index (χ1v) is 11.5. The minimum absolute atomic E-state index is 0.162. The number of aromatic nitrogens is 3. The number of anilines is 1. The molecule has 2 aromatic carbocycles. The van der Waals surface area contributed by atoms with Crippen LogP contribution in [-0.2, 0) is 25.7 Å². The lowest BCUT2D eigenvalue weighted by atomic mass is 10.1. The van der Waals surface area contributed by atoms with Gasteiger partial charge in [-0.1, -0.05) is 12.1 Å². The van der Waals surface area contributed by atoms with Crippen molar-refractivity contribution in [1.29, 1.82) is 0 Å². The summed E-state index contributed by atoms with van der Waals surface area (Å²) < 4.78 is 38.4. The number of rotatable bonds is 4. The molecule has 3 N–H and O–H groups in total. The van der Waals surface area contributed by atoms with Crippen molar-refractivity contribution in [2.24, 2.45) is 0 Å². The Hall–Kier alpha value is -3.50. The van der Waals surface area contributed by atoms with Crippen molar-refractivity contribution in [2.75, 3.05) is 12.3 Å². The second-order valence-corrected chi connectivity index (χ2v) is 9.00. The van der Waals surface area contributed by atoms with Crippen LogP contribution in [0.3, 0.4) is 0 Å². The number of thiazole rings is 1. The fourth-order valence-corrected chi connectivity index (χ4v) is 4.75. The van der Waals surface area contributed by atoms with Gasteiger partial charge in [0.05, 0.1) is 22.5 Å². The largest absolute Gasteiger partial charge is 0.416 e. The molecule has 0 spiro atoms. The number of hydrogen-bond donors (Lipinski definition) is 2. The van der Waals surface area contributed by atoms with E-state index in [2.05, 4.69) is 19.9 Å². The topological polar surface area (TPSA) is 87.9 Å². The minimum atomic E-state index is -4.36. The molecule has 174 valence electrons. The first-order chi connectivity index (χ1) is 16.3. The molecule has 0 amide bonds. The molecule has 0 unspecified atom stereocenters. The van der Waals surface area contributed by atoms with Gasteiger partial charge in [0, 0.05) is 48.2 Å². The zero-order chi connectivity index (χ0) is 23.9. The van der Waals surface area contributed by atoms with Crippen molar-refractivity contribution in [1.82, 2.24) is 19.9 Å². The molecule has 3 heterocycles. The molecule has 0 saturated heterocycles. The molecule has 0 bridgehead atoms. The number of H-pyrrole nitrogens is 1. The number of nitrogens with zero attached hydrogens (tertiary/aromatic N) is 3. The van der Waals surface area contributed by atoms with Gasteiger partial charge in [-0.2, -0.15) is 13.2 Å². The van der Waals surface area contributed by atoms with Crippen LogP contribution in [0.15, 0.2) is 58.7 Å². The van der Waals surface area contributed by atoms with Crippen molar-refractivity contribution in [3.8, 4) is 22.0 Å². The summed E-state index contributed by atoms with van der Waals surface area (Å²) in [4.78, 5) is 27.0. The molecular formula is C24H20F3N5OS. The van der Waals surface area contributed by atoms with E-state index in [1.807, 2.05) is 17.5 Å². The molecule has 2 aromatic heterocycles. The highest BCUT2D eigenvalue weighted by Crippen LogP contribution is 2.32. The van der Waals surface area contributed by atoms with E-state index in [-0.39, 0.29) is 5.56 Å². The molecule has 10 heteroatoms. The van der Waals surface area contributed by atoms with Gasteiger partial charge in [0.15, 0.2) is 0 Å². The van der Waals surface area contributed by atoms with E-state index in [1.165, 1.54) is 23.5 Å². The molecule has 34 heavy (non-hydrogen) atoms. The standard InChI is InChI=1S/C24H20F3N5OS/c25-24(26,27)16-5-1-15(2-6-16)23-29-18(13-34-23)11-32-10-9-20-19(12-32)22(33)31-21(30-20)14-3-7-17(28)8-4-14/h1-8,13H,9-12,28H2,(H,30,31,33). The predicted molar refractivity (Wildman–Crippen MR) is 125 cm³/mol. The maximum atomic E-state index is 12.8. The Morgan fingerprint density at radius 1 is 1.03 bits per heavy atom. The van der Waals surface area contributed by atoms with E-state index in [0.717, 1.165) is 35.6 Å². The van der Waals surface area contributed by atoms with Crippen molar-refractivity contribution < 1.29 is 13.2 Å². The molecule has 0 radical (unpaired) electrons. The van der Waals surface area contributed by atoms with E-state index < -0.39 is 11.7 Å². The number of nitrogens with one attached hydrogen (secondary N) is 1. The summed E-state index contributed by atoms with van der Waals surface area (Å²) in [6, 6.07) is 12.2. The van der Waals surface area contributed by atoms with Gasteiger partial charge in [-0.3, -0.25) is 9.69 Å². The second kappa shape index (κ2) is 8.69. The van der Waals surface area contributed by atoms with Crippen LogP contribution in [0, 0.1) is 0 Å². The average molecular weight is 484 g/mol. The molecule has 0 aliphatic carbocycles. The van der Waals surface area contributed by atoms with Crippen LogP contribution in [0.5, 0.6) is 0 Å². The average Bonchev–Trinajstić information content (AvgIpc) is 3.28. The molecular weight excluding hydrogens is 463 g/mol. The number of benzene rings is 2. The van der Waals surface area contributed by atoms with Gasteiger partial charge in [-0.15, -0.1) is 11.3 Å². The molecule has 0 saturated carbocycles. The smallest absolute Gasteiger partial charge is 0.399 e.